The number of ether oxygens (including phenoxy) is 1. The molecule has 1 aromatic heterocycles. The first-order valence-corrected chi connectivity index (χ1v) is 9.08. The van der Waals surface area contributed by atoms with Crippen molar-refractivity contribution in [3.8, 4) is 5.88 Å². The van der Waals surface area contributed by atoms with Crippen LogP contribution in [0.1, 0.15) is 17.8 Å². The van der Waals surface area contributed by atoms with Gasteiger partial charge in [-0.05, 0) is 37.6 Å². The third kappa shape index (κ3) is 7.63. The Morgan fingerprint density at radius 2 is 2.15 bits per heavy atom. The van der Waals surface area contributed by atoms with Gasteiger partial charge in [-0.25, -0.2) is 4.98 Å². The third-order valence-electron chi connectivity index (χ3n) is 2.28. The van der Waals surface area contributed by atoms with Crippen molar-refractivity contribution >= 4 is 19.9 Å². The van der Waals surface area contributed by atoms with Gasteiger partial charge in [-0.2, -0.15) is 8.42 Å². The quantitative estimate of drug-likeness (QED) is 0.394. The Kier molecular flexibility index (Phi) is 7.20. The minimum Gasteiger partial charge on any atom is -0.476 e. The maximum absolute atomic E-state index is 10.4. The van der Waals surface area contributed by atoms with Gasteiger partial charge >= 0.3 is 9.15 Å². The fraction of sp³-hybridized carbons (Fsp3) is 0.636. The van der Waals surface area contributed by atoms with E-state index in [0.29, 0.717) is 42.1 Å². The first kappa shape index (κ1) is 17.2. The van der Waals surface area contributed by atoms with Crippen molar-refractivity contribution < 1.29 is 17.7 Å². The zero-order valence-corrected chi connectivity index (χ0v) is 13.1. The van der Waals surface area contributed by atoms with Gasteiger partial charge in [0.1, 0.15) is 0 Å². The van der Waals surface area contributed by atoms with E-state index in [-0.39, 0.29) is 0 Å². The van der Waals surface area contributed by atoms with Crippen LogP contribution in [0.4, 0.5) is 0 Å². The van der Waals surface area contributed by atoms with Gasteiger partial charge in [0, 0.05) is 18.5 Å². The lowest BCUT2D eigenvalue weighted by Crippen LogP contribution is -2.20. The lowest BCUT2D eigenvalue weighted by molar-refractivity contribution is 0.293. The van der Waals surface area contributed by atoms with Crippen LogP contribution in [0, 0.1) is 13.8 Å². The van der Waals surface area contributed by atoms with Crippen LogP contribution in [0.3, 0.4) is 0 Å². The van der Waals surface area contributed by atoms with Crippen molar-refractivity contribution in [3.05, 3.63) is 17.6 Å². The summed E-state index contributed by atoms with van der Waals surface area (Å²) in [5.41, 5.74) is 1.57. The Balaban J connectivity index is 2.09. The van der Waals surface area contributed by atoms with Gasteiger partial charge in [-0.1, -0.05) is 0 Å². The summed E-state index contributed by atoms with van der Waals surface area (Å²) < 4.78 is 34.9. The number of hydrogen-bond acceptors (Lipinski definition) is 7. The highest BCUT2D eigenvalue weighted by Crippen LogP contribution is 2.11. The summed E-state index contributed by atoms with van der Waals surface area (Å²) in [6, 6.07) is 0. The topological polar surface area (TPSA) is 101 Å². The number of nitrogens with zero attached hydrogens (tertiary/aromatic N) is 2. The van der Waals surface area contributed by atoms with Crippen LogP contribution in [0.5, 0.6) is 5.88 Å². The number of aromatic nitrogens is 2. The van der Waals surface area contributed by atoms with Crippen molar-refractivity contribution in [2.75, 3.05) is 25.4 Å². The van der Waals surface area contributed by atoms with Gasteiger partial charge in [0.25, 0.3) is 0 Å². The molecular formula is C11H19N3O4S2. The first-order chi connectivity index (χ1) is 9.38. The summed E-state index contributed by atoms with van der Waals surface area (Å²) in [6.07, 6.45) is 2.46. The van der Waals surface area contributed by atoms with Crippen molar-refractivity contribution in [1.29, 1.82) is 0 Å². The normalized spacial score (nSPS) is 11.6. The molecule has 0 saturated heterocycles. The molecule has 0 unspecified atom stereocenters. The van der Waals surface area contributed by atoms with Crippen LogP contribution < -0.4 is 10.1 Å². The summed E-state index contributed by atoms with van der Waals surface area (Å²) in [4.78, 5) is 8.40. The summed E-state index contributed by atoms with van der Waals surface area (Å²) in [5, 5.41) is 3.06. The highest BCUT2D eigenvalue weighted by Gasteiger charge is 2.04. The Bertz CT molecular complexity index is 522. The molecule has 1 aromatic rings. The maximum Gasteiger partial charge on any atom is 0.319 e. The summed E-state index contributed by atoms with van der Waals surface area (Å²) >= 11 is 0. The summed E-state index contributed by atoms with van der Waals surface area (Å²) in [5.74, 6) is 0.856. The van der Waals surface area contributed by atoms with Crippen molar-refractivity contribution in [3.63, 3.8) is 0 Å². The number of hydrogen-bond donors (Lipinski definition) is 2. The first-order valence-electron chi connectivity index (χ1n) is 6.14. The van der Waals surface area contributed by atoms with Crippen LogP contribution in [0.15, 0.2) is 6.20 Å². The second-order valence-corrected chi connectivity index (χ2v) is 7.57. The predicted octanol–water partition coefficient (Wildman–Crippen LogP) is 0.988. The maximum atomic E-state index is 10.4. The monoisotopic (exact) mass is 321 g/mol. The standard InChI is InChI=1S/C11H19N3O4S2/c1-9-8-13-10(2)11(14-9)18-6-3-4-12-5-7-19-20(15,16)17/h8,12H,3-7H2,1-2H3,(H,15,16,17). The van der Waals surface area contributed by atoms with Crippen LogP contribution >= 0.6 is 10.8 Å². The van der Waals surface area contributed by atoms with Gasteiger partial charge in [0.05, 0.1) is 18.0 Å². The molecule has 0 aromatic carbocycles. The molecule has 0 aliphatic carbocycles. The molecule has 0 aliphatic heterocycles. The Morgan fingerprint density at radius 3 is 2.85 bits per heavy atom. The molecule has 114 valence electrons. The fourth-order valence-electron chi connectivity index (χ4n) is 1.36. The van der Waals surface area contributed by atoms with E-state index in [2.05, 4.69) is 15.3 Å². The fourth-order valence-corrected chi connectivity index (χ4v) is 2.68. The van der Waals surface area contributed by atoms with Gasteiger partial charge in [-0.3, -0.25) is 9.54 Å². The van der Waals surface area contributed by atoms with Crippen LogP contribution in [0.2, 0.25) is 0 Å². The number of aryl methyl sites for hydroxylation is 2. The van der Waals surface area contributed by atoms with Gasteiger partial charge < -0.3 is 10.1 Å². The highest BCUT2D eigenvalue weighted by atomic mass is 33.1. The van der Waals surface area contributed by atoms with E-state index in [1.54, 1.807) is 6.20 Å². The molecule has 0 spiro atoms. The van der Waals surface area contributed by atoms with Crippen LogP contribution in [-0.2, 0) is 9.15 Å². The highest BCUT2D eigenvalue weighted by molar-refractivity contribution is 8.69. The lowest BCUT2D eigenvalue weighted by Gasteiger charge is -2.08. The molecule has 0 saturated carbocycles. The minimum atomic E-state index is -3.93. The van der Waals surface area contributed by atoms with Crippen molar-refractivity contribution in [2.24, 2.45) is 0 Å². The van der Waals surface area contributed by atoms with E-state index < -0.39 is 9.15 Å². The second-order valence-electron chi connectivity index (χ2n) is 4.10. The molecule has 2 N–H and O–H groups in total. The molecular weight excluding hydrogens is 302 g/mol. The van der Waals surface area contributed by atoms with Crippen molar-refractivity contribution in [2.45, 2.75) is 20.3 Å². The number of nitrogens with one attached hydrogen (secondary N) is 1. The van der Waals surface area contributed by atoms with E-state index in [1.807, 2.05) is 13.8 Å². The molecule has 1 heterocycles. The van der Waals surface area contributed by atoms with Crippen LogP contribution in [0.25, 0.3) is 0 Å². The van der Waals surface area contributed by atoms with Gasteiger partial charge in [0.15, 0.2) is 0 Å². The van der Waals surface area contributed by atoms with E-state index in [9.17, 15) is 8.42 Å². The molecule has 0 aliphatic rings. The molecule has 0 atom stereocenters. The SMILES string of the molecule is Cc1cnc(C)c(OCCCNCCSS(=O)(=O)O)n1. The zero-order chi connectivity index (χ0) is 15.0. The van der Waals surface area contributed by atoms with Gasteiger partial charge in [-0.15, -0.1) is 0 Å². The van der Waals surface area contributed by atoms with E-state index in [0.717, 1.165) is 17.8 Å². The largest absolute Gasteiger partial charge is 0.476 e. The predicted molar refractivity (Wildman–Crippen MR) is 78.5 cm³/mol. The molecule has 20 heavy (non-hydrogen) atoms. The van der Waals surface area contributed by atoms with Gasteiger partial charge in [0.2, 0.25) is 5.88 Å². The molecule has 0 amide bonds. The summed E-state index contributed by atoms with van der Waals surface area (Å²) in [6.45, 7) is 5.41. The number of rotatable bonds is 9. The second kappa shape index (κ2) is 8.40. The molecule has 0 bridgehead atoms. The summed E-state index contributed by atoms with van der Waals surface area (Å²) in [7, 11) is -3.42. The smallest absolute Gasteiger partial charge is 0.319 e. The third-order valence-corrected chi connectivity index (χ3v) is 4.34. The van der Waals surface area contributed by atoms with Crippen LogP contribution in [-0.4, -0.2) is 48.4 Å². The van der Waals surface area contributed by atoms with E-state index in [1.165, 1.54) is 0 Å². The molecule has 1 rings (SSSR count). The average molecular weight is 321 g/mol. The zero-order valence-electron chi connectivity index (χ0n) is 11.5. The molecule has 9 heteroatoms. The van der Waals surface area contributed by atoms with E-state index in [4.69, 9.17) is 9.29 Å². The molecule has 7 nitrogen and oxygen atoms in total. The van der Waals surface area contributed by atoms with Crippen molar-refractivity contribution in [1.82, 2.24) is 15.3 Å². The van der Waals surface area contributed by atoms with E-state index >= 15 is 0 Å². The lowest BCUT2D eigenvalue weighted by atomic mass is 10.4. The molecule has 0 fully saturated rings. The minimum absolute atomic E-state index is 0.308. The molecule has 0 radical (unpaired) electrons. The Hall–Kier alpha value is -0.900. The average Bonchev–Trinajstić information content (AvgIpc) is 2.35. The Morgan fingerprint density at radius 1 is 1.40 bits per heavy atom. The Labute approximate surface area is 122 Å².